The van der Waals surface area contributed by atoms with E-state index in [1.807, 2.05) is 0 Å². The fraction of sp³-hybridized carbons (Fsp3) is 0.226. The van der Waals surface area contributed by atoms with Gasteiger partial charge in [0.05, 0.1) is 6.61 Å². The van der Waals surface area contributed by atoms with Gasteiger partial charge in [-0.05, 0) is 47.8 Å². The summed E-state index contributed by atoms with van der Waals surface area (Å²) in [5, 5.41) is 0. The molecule has 2 atom stereocenters. The van der Waals surface area contributed by atoms with Crippen LogP contribution in [-0.4, -0.2) is 25.6 Å². The molecule has 5 rings (SSSR count). The molecule has 3 aromatic carbocycles. The minimum Gasteiger partial charge on any atom is -0.494 e. The van der Waals surface area contributed by atoms with Crippen molar-refractivity contribution in [2.75, 3.05) is 20.7 Å². The molecule has 0 aromatic heterocycles. The number of hydrogen-bond acceptors (Lipinski definition) is 2. The maximum absolute atomic E-state index is 6.31. The largest absolute Gasteiger partial charge is 0.494 e. The van der Waals surface area contributed by atoms with Crippen molar-refractivity contribution in [3.63, 3.8) is 0 Å². The van der Waals surface area contributed by atoms with Crippen molar-refractivity contribution in [2.45, 2.75) is 19.3 Å². The predicted octanol–water partition coefficient (Wildman–Crippen LogP) is 7.15. The highest BCUT2D eigenvalue weighted by Crippen LogP contribution is 2.63. The third-order valence-corrected chi connectivity index (χ3v) is 6.89. The van der Waals surface area contributed by atoms with E-state index in [2.05, 4.69) is 129 Å². The van der Waals surface area contributed by atoms with Crippen molar-refractivity contribution in [2.24, 2.45) is 5.41 Å². The summed E-state index contributed by atoms with van der Waals surface area (Å²) in [6, 6.07) is 32.5. The second-order valence-electron chi connectivity index (χ2n) is 9.06. The summed E-state index contributed by atoms with van der Waals surface area (Å²) in [6.45, 7) is 2.71. The van der Waals surface area contributed by atoms with Crippen molar-refractivity contribution in [1.29, 1.82) is 0 Å². The second-order valence-corrected chi connectivity index (χ2v) is 9.06. The van der Waals surface area contributed by atoms with Crippen LogP contribution in [0.2, 0.25) is 0 Å². The molecule has 33 heavy (non-hydrogen) atoms. The summed E-state index contributed by atoms with van der Waals surface area (Å²) < 4.78 is 6.31. The lowest BCUT2D eigenvalue weighted by molar-refractivity contribution is 0.244. The first-order valence-corrected chi connectivity index (χ1v) is 11.8. The minimum atomic E-state index is -0.257. The molecule has 0 fully saturated rings. The van der Waals surface area contributed by atoms with E-state index < -0.39 is 0 Å². The molecular formula is C31H31NO. The lowest BCUT2D eigenvalue weighted by Gasteiger charge is -2.31. The molecule has 1 spiro atoms. The van der Waals surface area contributed by atoms with Crippen molar-refractivity contribution in [3.8, 4) is 0 Å². The third-order valence-electron chi connectivity index (χ3n) is 6.89. The highest BCUT2D eigenvalue weighted by Gasteiger charge is 2.50. The molecule has 0 amide bonds. The zero-order chi connectivity index (χ0) is 22.8. The quantitative estimate of drug-likeness (QED) is 0.409. The van der Waals surface area contributed by atoms with E-state index in [-0.39, 0.29) is 5.41 Å². The zero-order valence-electron chi connectivity index (χ0n) is 19.7. The first kappa shape index (κ1) is 21.3. The van der Waals surface area contributed by atoms with Crippen LogP contribution in [0.4, 0.5) is 0 Å². The topological polar surface area (TPSA) is 12.5 Å². The van der Waals surface area contributed by atoms with Gasteiger partial charge in [-0.2, -0.15) is 0 Å². The lowest BCUT2D eigenvalue weighted by Crippen LogP contribution is -2.19. The van der Waals surface area contributed by atoms with Gasteiger partial charge in [0.1, 0.15) is 5.76 Å². The number of rotatable bonds is 6. The van der Waals surface area contributed by atoms with Crippen molar-refractivity contribution < 1.29 is 4.74 Å². The summed E-state index contributed by atoms with van der Waals surface area (Å²) >= 11 is 0. The van der Waals surface area contributed by atoms with E-state index in [1.165, 1.54) is 33.5 Å². The van der Waals surface area contributed by atoms with Crippen molar-refractivity contribution >= 4 is 11.1 Å². The number of allylic oxidation sites excluding steroid dienone is 5. The van der Waals surface area contributed by atoms with Crippen LogP contribution < -0.4 is 0 Å². The summed E-state index contributed by atoms with van der Waals surface area (Å²) in [6.07, 6.45) is 5.78. The molecule has 2 aliphatic carbocycles. The van der Waals surface area contributed by atoms with Crippen LogP contribution in [-0.2, 0) is 4.74 Å². The number of ether oxygens (including phenoxy) is 1. The van der Waals surface area contributed by atoms with Gasteiger partial charge in [-0.1, -0.05) is 91.0 Å². The van der Waals surface area contributed by atoms with Crippen LogP contribution in [0, 0.1) is 5.41 Å². The lowest BCUT2D eigenvalue weighted by atomic mass is 9.70. The average molecular weight is 434 g/mol. The molecule has 0 saturated heterocycles. The number of likely N-dealkylation sites (N-methyl/N-ethyl adjacent to an activating group) is 1. The van der Waals surface area contributed by atoms with E-state index in [4.69, 9.17) is 4.74 Å². The first-order valence-electron chi connectivity index (χ1n) is 11.8. The maximum Gasteiger partial charge on any atom is 0.124 e. The molecule has 0 saturated carbocycles. The SMILES string of the molecule is CCOC1=C(c2ccccc2)[C@@]2(C=C(N(C)C)C(c3ccccc3)C2)C(c2ccccc2)=C1. The Bertz CT molecular complexity index is 1210. The van der Waals surface area contributed by atoms with Crippen LogP contribution in [0.1, 0.15) is 36.0 Å². The van der Waals surface area contributed by atoms with Crippen LogP contribution in [0.25, 0.3) is 11.1 Å². The van der Waals surface area contributed by atoms with Crippen molar-refractivity contribution in [1.82, 2.24) is 4.90 Å². The number of hydrogen-bond donors (Lipinski definition) is 0. The van der Waals surface area contributed by atoms with Gasteiger partial charge >= 0.3 is 0 Å². The summed E-state index contributed by atoms with van der Waals surface area (Å²) in [4.78, 5) is 2.29. The fourth-order valence-electron chi connectivity index (χ4n) is 5.53. The number of benzene rings is 3. The zero-order valence-corrected chi connectivity index (χ0v) is 19.7. The summed E-state index contributed by atoms with van der Waals surface area (Å²) in [5.74, 6) is 1.30. The molecule has 2 heteroatoms. The van der Waals surface area contributed by atoms with Gasteiger partial charge in [0.2, 0.25) is 0 Å². The van der Waals surface area contributed by atoms with Crippen molar-refractivity contribution in [3.05, 3.63) is 131 Å². The Kier molecular flexibility index (Phi) is 5.68. The third kappa shape index (κ3) is 3.70. The van der Waals surface area contributed by atoms with Gasteiger partial charge in [0.15, 0.2) is 0 Å². The Morgan fingerprint density at radius 3 is 1.97 bits per heavy atom. The first-order chi connectivity index (χ1) is 16.1. The van der Waals surface area contributed by atoms with Gasteiger partial charge < -0.3 is 9.64 Å². The van der Waals surface area contributed by atoms with Crippen LogP contribution in [0.15, 0.2) is 115 Å². The molecule has 0 aliphatic heterocycles. The molecule has 0 heterocycles. The Hall–Kier alpha value is -3.52. The molecule has 2 nitrogen and oxygen atoms in total. The number of nitrogens with zero attached hydrogens (tertiary/aromatic N) is 1. The Morgan fingerprint density at radius 2 is 1.39 bits per heavy atom. The van der Waals surface area contributed by atoms with E-state index in [0.29, 0.717) is 12.5 Å². The predicted molar refractivity (Wildman–Crippen MR) is 137 cm³/mol. The molecule has 0 radical (unpaired) electrons. The van der Waals surface area contributed by atoms with E-state index >= 15 is 0 Å². The van der Waals surface area contributed by atoms with Gasteiger partial charge in [-0.15, -0.1) is 0 Å². The minimum absolute atomic E-state index is 0.257. The van der Waals surface area contributed by atoms with Crippen LogP contribution >= 0.6 is 0 Å². The Labute approximate surface area is 197 Å². The van der Waals surface area contributed by atoms with Gasteiger partial charge in [-0.25, -0.2) is 0 Å². The highest BCUT2D eigenvalue weighted by molar-refractivity contribution is 5.97. The fourth-order valence-corrected chi connectivity index (χ4v) is 5.53. The molecule has 166 valence electrons. The molecule has 0 bridgehead atoms. The maximum atomic E-state index is 6.31. The molecule has 0 N–H and O–H groups in total. The second kappa shape index (κ2) is 8.78. The van der Waals surface area contributed by atoms with Crippen LogP contribution in [0.3, 0.4) is 0 Å². The van der Waals surface area contributed by atoms with E-state index in [1.54, 1.807) is 0 Å². The molecule has 2 aliphatic rings. The Balaban J connectivity index is 1.75. The standard InChI is InChI=1S/C31H31NO/c1-4-33-29-20-27(24-16-10-6-11-17-24)31(30(29)25-18-12-7-13-19-25)21-26(28(22-31)32(2)3)23-14-8-5-9-15-23/h5-20,22,26H,4,21H2,1-3H3/t26?,31-/m0/s1. The van der Waals surface area contributed by atoms with Crippen LogP contribution in [0.5, 0.6) is 0 Å². The van der Waals surface area contributed by atoms with E-state index in [0.717, 1.165) is 12.2 Å². The molecular weight excluding hydrogens is 402 g/mol. The van der Waals surface area contributed by atoms with Gasteiger partial charge in [0.25, 0.3) is 0 Å². The van der Waals surface area contributed by atoms with E-state index in [9.17, 15) is 0 Å². The molecule has 3 aromatic rings. The highest BCUT2D eigenvalue weighted by atomic mass is 16.5. The molecule has 1 unspecified atom stereocenters. The Morgan fingerprint density at radius 1 is 0.818 bits per heavy atom. The van der Waals surface area contributed by atoms with Gasteiger partial charge in [0, 0.05) is 36.7 Å². The average Bonchev–Trinajstić information content (AvgIpc) is 3.40. The smallest absolute Gasteiger partial charge is 0.124 e. The monoisotopic (exact) mass is 433 g/mol. The summed E-state index contributed by atoms with van der Waals surface area (Å²) in [5.41, 5.74) is 7.54. The van der Waals surface area contributed by atoms with Gasteiger partial charge in [-0.3, -0.25) is 0 Å². The normalized spacial score (nSPS) is 21.8. The summed E-state index contributed by atoms with van der Waals surface area (Å²) in [7, 11) is 4.33.